The van der Waals surface area contributed by atoms with Crippen LogP contribution in [0.25, 0.3) is 0 Å². The first-order valence-electron chi connectivity index (χ1n) is 16.1. The Morgan fingerprint density at radius 2 is 1.54 bits per heavy atom. The van der Waals surface area contributed by atoms with Crippen LogP contribution in [0.3, 0.4) is 0 Å². The molecule has 4 rings (SSSR count). The fourth-order valence-corrected chi connectivity index (χ4v) is 18.9. The summed E-state index contributed by atoms with van der Waals surface area (Å²) < 4.78 is 0. The first-order chi connectivity index (χ1) is 17.3. The molecule has 0 aromatic carbocycles. The van der Waals surface area contributed by atoms with Gasteiger partial charge >= 0.3 is 203 Å². The van der Waals surface area contributed by atoms with Crippen LogP contribution in [0, 0.1) is 45.3 Å². The molecular weight excluding hydrogens is 531 g/mol. The molecule has 214 valence electrons. The normalized spacial score (nSPS) is 40.9. The Labute approximate surface area is 239 Å². The van der Waals surface area contributed by atoms with Crippen LogP contribution < -0.4 is 0 Å². The molecule has 0 aliphatic heterocycles. The second kappa shape index (κ2) is 11.1. The quantitative estimate of drug-likeness (QED) is 0.212. The Hall–Kier alpha value is 0.608. The average Bonchev–Trinajstić information content (AvgIpc) is 3.13. The van der Waals surface area contributed by atoms with Crippen LogP contribution in [0.2, 0.25) is 10.4 Å². The molecule has 0 aromatic rings. The molecule has 0 spiro atoms. The molecule has 2 unspecified atom stereocenters. The van der Waals surface area contributed by atoms with Crippen LogP contribution in [0.4, 0.5) is 0 Å². The van der Waals surface area contributed by atoms with Gasteiger partial charge in [-0.3, -0.25) is 0 Å². The summed E-state index contributed by atoms with van der Waals surface area (Å²) in [6, 6.07) is 0. The summed E-state index contributed by atoms with van der Waals surface area (Å²) in [5, 5.41) is 14.7. The van der Waals surface area contributed by atoms with E-state index in [0.29, 0.717) is 22.2 Å². The van der Waals surface area contributed by atoms with Gasteiger partial charge in [-0.15, -0.1) is 0 Å². The zero-order chi connectivity index (χ0) is 27.4. The van der Waals surface area contributed by atoms with E-state index < -0.39 is 13.5 Å². The van der Waals surface area contributed by atoms with Crippen LogP contribution in [0.15, 0.2) is 11.1 Å². The predicted molar refractivity (Wildman–Crippen MR) is 166 cm³/mol. The third-order valence-electron chi connectivity index (χ3n) is 13.1. The molecule has 0 heterocycles. The number of aliphatic hydroxyl groups is 1. The summed E-state index contributed by atoms with van der Waals surface area (Å²) in [5.74, 6) is 3.17. The standard InChI is InChI=1S/C34H61AsOS/c1-11-35(12-2)37-28(23(3)4)15-13-24(5)25-17-21-34(10)27-14-16-29-31(6,7)30(36)19-20-32(29,8)26(27)18-22-33(25,34)9/h23-25,28-30,36H,11-22H2,1-10H3/t24-,25?,28?,29+,30+,32-,33-,34+/m1/s1. The molecule has 3 heteroatoms. The predicted octanol–water partition coefficient (Wildman–Crippen LogP) is 10.3. The topological polar surface area (TPSA) is 20.2 Å². The molecule has 2 fully saturated rings. The Balaban J connectivity index is 1.53. The first kappa shape index (κ1) is 30.6. The molecule has 0 saturated heterocycles. The molecule has 4 aliphatic carbocycles. The van der Waals surface area contributed by atoms with Crippen molar-refractivity contribution in [2.75, 3.05) is 0 Å². The van der Waals surface area contributed by atoms with E-state index in [-0.39, 0.29) is 11.5 Å². The maximum atomic E-state index is 10.9. The zero-order valence-corrected chi connectivity index (χ0v) is 28.9. The van der Waals surface area contributed by atoms with Crippen LogP contribution in [0.5, 0.6) is 0 Å². The Kier molecular flexibility index (Phi) is 9.19. The van der Waals surface area contributed by atoms with E-state index in [2.05, 4.69) is 79.3 Å². The molecule has 0 radical (unpaired) electrons. The van der Waals surface area contributed by atoms with E-state index >= 15 is 0 Å². The van der Waals surface area contributed by atoms with Gasteiger partial charge in [-0.2, -0.15) is 0 Å². The Morgan fingerprint density at radius 3 is 2.16 bits per heavy atom. The summed E-state index contributed by atoms with van der Waals surface area (Å²) >= 11 is -0.673. The van der Waals surface area contributed by atoms with Crippen molar-refractivity contribution in [1.29, 1.82) is 0 Å². The number of allylic oxidation sites excluding steroid dienone is 2. The van der Waals surface area contributed by atoms with E-state index in [0.717, 1.165) is 29.4 Å². The molecule has 1 N–H and O–H groups in total. The van der Waals surface area contributed by atoms with Crippen molar-refractivity contribution < 1.29 is 5.11 Å². The summed E-state index contributed by atoms with van der Waals surface area (Å²) in [7, 11) is 2.45. The number of aliphatic hydroxyl groups excluding tert-OH is 1. The average molecular weight is 593 g/mol. The molecule has 0 amide bonds. The molecule has 37 heavy (non-hydrogen) atoms. The van der Waals surface area contributed by atoms with Gasteiger partial charge in [-0.05, 0) is 11.8 Å². The fourth-order valence-electron chi connectivity index (χ4n) is 10.3. The van der Waals surface area contributed by atoms with Gasteiger partial charge < -0.3 is 5.11 Å². The minimum atomic E-state index is -0.673. The van der Waals surface area contributed by atoms with E-state index in [1.54, 1.807) is 0 Å². The van der Waals surface area contributed by atoms with Gasteiger partial charge in [0.2, 0.25) is 0 Å². The monoisotopic (exact) mass is 592 g/mol. The molecular formula is C34H61AsOS. The van der Waals surface area contributed by atoms with Crippen LogP contribution in [-0.4, -0.2) is 30.0 Å². The van der Waals surface area contributed by atoms with Crippen molar-refractivity contribution in [3.05, 3.63) is 11.1 Å². The van der Waals surface area contributed by atoms with Crippen molar-refractivity contribution in [2.24, 2.45) is 45.3 Å². The molecule has 1 nitrogen and oxygen atoms in total. The number of rotatable bonds is 9. The third-order valence-corrected chi connectivity index (χ3v) is 23.7. The Morgan fingerprint density at radius 1 is 0.865 bits per heavy atom. The third kappa shape index (κ3) is 5.00. The Bertz CT molecular complexity index is 845. The summed E-state index contributed by atoms with van der Waals surface area (Å²) in [5.41, 5.74) is 4.97. The van der Waals surface area contributed by atoms with Crippen molar-refractivity contribution in [1.82, 2.24) is 0 Å². The van der Waals surface area contributed by atoms with E-state index in [9.17, 15) is 5.11 Å². The number of hydrogen-bond acceptors (Lipinski definition) is 2. The van der Waals surface area contributed by atoms with Gasteiger partial charge in [0.05, 0.1) is 6.10 Å². The fraction of sp³-hybridized carbons (Fsp3) is 0.941. The summed E-state index contributed by atoms with van der Waals surface area (Å²) in [6.07, 6.45) is 13.1. The zero-order valence-electron chi connectivity index (χ0n) is 26.3. The van der Waals surface area contributed by atoms with Crippen LogP contribution in [0.1, 0.15) is 133 Å². The van der Waals surface area contributed by atoms with E-state index in [1.807, 2.05) is 11.1 Å². The molecule has 4 aliphatic rings. The maximum absolute atomic E-state index is 10.9. The van der Waals surface area contributed by atoms with E-state index in [4.69, 9.17) is 0 Å². The van der Waals surface area contributed by atoms with Gasteiger partial charge in [-0.25, -0.2) is 0 Å². The van der Waals surface area contributed by atoms with Gasteiger partial charge in [0, 0.05) is 0 Å². The minimum absolute atomic E-state index is 0.0441. The summed E-state index contributed by atoms with van der Waals surface area (Å²) in [4.78, 5) is 0. The first-order valence-corrected chi connectivity index (χ1v) is 21.9. The van der Waals surface area contributed by atoms with Crippen molar-refractivity contribution >= 4 is 23.5 Å². The molecule has 2 saturated carbocycles. The molecule has 8 atom stereocenters. The SMILES string of the molecule is CC[As](CC)SC(CC[C@@H](C)C1CC[C@@]2(C)C3=C(CC[C@]12C)[C@@]1(C)CC[C@H](O)C(C)(C)[C@@H]1CC3)C(C)C. The van der Waals surface area contributed by atoms with E-state index in [1.165, 1.54) is 68.2 Å². The van der Waals surface area contributed by atoms with Crippen molar-refractivity contribution in [3.8, 4) is 0 Å². The number of fused-ring (bicyclic) bond motifs is 4. The van der Waals surface area contributed by atoms with Crippen LogP contribution in [-0.2, 0) is 0 Å². The van der Waals surface area contributed by atoms with Gasteiger partial charge in [0.15, 0.2) is 0 Å². The molecule has 0 aromatic heterocycles. The second-order valence-electron chi connectivity index (χ2n) is 15.3. The van der Waals surface area contributed by atoms with Crippen molar-refractivity contribution in [3.63, 3.8) is 0 Å². The van der Waals surface area contributed by atoms with Gasteiger partial charge in [0.1, 0.15) is 0 Å². The van der Waals surface area contributed by atoms with Crippen molar-refractivity contribution in [2.45, 2.75) is 155 Å². The molecule has 0 bridgehead atoms. The van der Waals surface area contributed by atoms with Gasteiger partial charge in [0.25, 0.3) is 0 Å². The summed E-state index contributed by atoms with van der Waals surface area (Å²) in [6.45, 7) is 25.2. The van der Waals surface area contributed by atoms with Gasteiger partial charge in [-0.1, -0.05) is 13.8 Å². The number of hydrogen-bond donors (Lipinski definition) is 1. The van der Waals surface area contributed by atoms with Crippen LogP contribution >= 0.6 is 10.0 Å². The second-order valence-corrected chi connectivity index (χ2v) is 24.8.